The van der Waals surface area contributed by atoms with Gasteiger partial charge >= 0.3 is 6.18 Å². The summed E-state index contributed by atoms with van der Waals surface area (Å²) in [5.74, 6) is -0.999. The van der Waals surface area contributed by atoms with E-state index in [9.17, 15) is 17.6 Å². The van der Waals surface area contributed by atoms with Gasteiger partial charge in [0, 0.05) is 19.0 Å². The molecule has 0 unspecified atom stereocenters. The van der Waals surface area contributed by atoms with Crippen molar-refractivity contribution in [3.8, 4) is 0 Å². The van der Waals surface area contributed by atoms with Crippen molar-refractivity contribution in [2.75, 3.05) is 13.1 Å². The fourth-order valence-electron chi connectivity index (χ4n) is 1.64. The number of halogens is 4. The Labute approximate surface area is 84.1 Å². The average molecular weight is 219 g/mol. The van der Waals surface area contributed by atoms with Crippen LogP contribution in [0, 0.1) is 5.82 Å². The van der Waals surface area contributed by atoms with Crippen LogP contribution in [-0.2, 0) is 6.18 Å². The Balaban J connectivity index is 2.44. The lowest BCUT2D eigenvalue weighted by molar-refractivity contribution is -0.138. The van der Waals surface area contributed by atoms with Gasteiger partial charge in [0.2, 0.25) is 0 Å². The van der Waals surface area contributed by atoms with E-state index in [-0.39, 0.29) is 11.5 Å². The summed E-state index contributed by atoms with van der Waals surface area (Å²) in [4.78, 5) is 0. The van der Waals surface area contributed by atoms with Crippen molar-refractivity contribution in [2.24, 2.45) is 0 Å². The van der Waals surface area contributed by atoms with Gasteiger partial charge in [0.05, 0.1) is 5.56 Å². The lowest BCUT2D eigenvalue weighted by Crippen LogP contribution is -2.40. The number of benzene rings is 1. The molecule has 0 atom stereocenters. The highest BCUT2D eigenvalue weighted by atomic mass is 19.4. The van der Waals surface area contributed by atoms with E-state index < -0.39 is 17.6 Å². The number of nitrogens with one attached hydrogen (secondary N) is 1. The van der Waals surface area contributed by atoms with E-state index in [1.54, 1.807) is 0 Å². The molecule has 0 amide bonds. The summed E-state index contributed by atoms with van der Waals surface area (Å²) in [6.45, 7) is 1.05. The average Bonchev–Trinajstić information content (AvgIpc) is 2.03. The Hall–Kier alpha value is -1.10. The van der Waals surface area contributed by atoms with Crippen molar-refractivity contribution >= 4 is 0 Å². The fraction of sp³-hybridized carbons (Fsp3) is 0.400. The van der Waals surface area contributed by atoms with Gasteiger partial charge < -0.3 is 5.32 Å². The van der Waals surface area contributed by atoms with Crippen LogP contribution in [-0.4, -0.2) is 13.1 Å². The van der Waals surface area contributed by atoms with Crippen molar-refractivity contribution in [2.45, 2.75) is 12.1 Å². The van der Waals surface area contributed by atoms with E-state index >= 15 is 0 Å². The summed E-state index contributed by atoms with van der Waals surface area (Å²) in [6, 6.07) is 2.86. The van der Waals surface area contributed by atoms with Crippen molar-refractivity contribution in [1.29, 1.82) is 0 Å². The summed E-state index contributed by atoms with van der Waals surface area (Å²) in [6.07, 6.45) is -4.48. The summed E-state index contributed by atoms with van der Waals surface area (Å²) >= 11 is 0. The molecular formula is C10H9F4N. The fourth-order valence-corrected chi connectivity index (χ4v) is 1.64. The minimum absolute atomic E-state index is 0.151. The highest BCUT2D eigenvalue weighted by molar-refractivity contribution is 5.35. The number of hydrogen-bond acceptors (Lipinski definition) is 1. The van der Waals surface area contributed by atoms with Gasteiger partial charge in [0.25, 0.3) is 0 Å². The van der Waals surface area contributed by atoms with Gasteiger partial charge in [-0.15, -0.1) is 0 Å². The minimum Gasteiger partial charge on any atom is -0.315 e. The van der Waals surface area contributed by atoms with Crippen molar-refractivity contribution in [1.82, 2.24) is 5.32 Å². The predicted octanol–water partition coefficient (Wildman–Crippen LogP) is 2.53. The minimum atomic E-state index is -4.48. The SMILES string of the molecule is Fc1ccc(C2CNC2)c(C(F)(F)F)c1. The molecule has 1 fully saturated rings. The molecule has 0 saturated carbocycles. The van der Waals surface area contributed by atoms with E-state index in [4.69, 9.17) is 0 Å². The second-order valence-electron chi connectivity index (χ2n) is 3.58. The molecule has 82 valence electrons. The first-order valence-corrected chi connectivity index (χ1v) is 4.56. The van der Waals surface area contributed by atoms with Crippen LogP contribution in [0.25, 0.3) is 0 Å². The molecule has 1 N–H and O–H groups in total. The van der Waals surface area contributed by atoms with E-state index in [0.29, 0.717) is 19.2 Å². The third kappa shape index (κ3) is 1.97. The molecule has 1 aliphatic rings. The van der Waals surface area contributed by atoms with E-state index in [1.807, 2.05) is 0 Å². The van der Waals surface area contributed by atoms with Crippen LogP contribution < -0.4 is 5.32 Å². The topological polar surface area (TPSA) is 12.0 Å². The molecule has 5 heteroatoms. The third-order valence-corrected chi connectivity index (χ3v) is 2.54. The Morgan fingerprint density at radius 3 is 2.33 bits per heavy atom. The molecule has 0 aliphatic carbocycles. The molecule has 1 aliphatic heterocycles. The summed E-state index contributed by atoms with van der Waals surface area (Å²) in [5.41, 5.74) is -0.670. The molecule has 1 aromatic carbocycles. The Kier molecular flexibility index (Phi) is 2.42. The summed E-state index contributed by atoms with van der Waals surface area (Å²) in [5, 5.41) is 2.89. The van der Waals surface area contributed by atoms with Crippen LogP contribution in [0.1, 0.15) is 17.0 Å². The van der Waals surface area contributed by atoms with Gasteiger partial charge in [-0.25, -0.2) is 4.39 Å². The zero-order valence-corrected chi connectivity index (χ0v) is 7.74. The number of alkyl halides is 3. The highest BCUT2D eigenvalue weighted by Gasteiger charge is 2.36. The monoisotopic (exact) mass is 219 g/mol. The third-order valence-electron chi connectivity index (χ3n) is 2.54. The van der Waals surface area contributed by atoms with Gasteiger partial charge in [-0.2, -0.15) is 13.2 Å². The van der Waals surface area contributed by atoms with Crippen LogP contribution in [0.2, 0.25) is 0 Å². The first-order valence-electron chi connectivity index (χ1n) is 4.56. The lowest BCUT2D eigenvalue weighted by Gasteiger charge is -2.29. The van der Waals surface area contributed by atoms with Crippen LogP contribution >= 0.6 is 0 Å². The molecule has 0 spiro atoms. The van der Waals surface area contributed by atoms with Gasteiger partial charge in [0.1, 0.15) is 5.82 Å². The van der Waals surface area contributed by atoms with Gasteiger partial charge in [0.15, 0.2) is 0 Å². The van der Waals surface area contributed by atoms with Crippen molar-refractivity contribution < 1.29 is 17.6 Å². The smallest absolute Gasteiger partial charge is 0.315 e. The molecule has 1 nitrogen and oxygen atoms in total. The Morgan fingerprint density at radius 2 is 1.87 bits per heavy atom. The zero-order valence-electron chi connectivity index (χ0n) is 7.74. The Morgan fingerprint density at radius 1 is 1.20 bits per heavy atom. The first-order chi connectivity index (χ1) is 6.98. The van der Waals surface area contributed by atoms with Crippen molar-refractivity contribution in [3.05, 3.63) is 35.1 Å². The maximum Gasteiger partial charge on any atom is 0.416 e. The quantitative estimate of drug-likeness (QED) is 0.715. The van der Waals surface area contributed by atoms with E-state index in [2.05, 4.69) is 5.32 Å². The molecule has 1 saturated heterocycles. The van der Waals surface area contributed by atoms with Gasteiger partial charge in [-0.3, -0.25) is 0 Å². The molecule has 1 aromatic rings. The largest absolute Gasteiger partial charge is 0.416 e. The molecule has 1 heterocycles. The maximum absolute atomic E-state index is 12.7. The van der Waals surface area contributed by atoms with Crippen LogP contribution in [0.4, 0.5) is 17.6 Å². The molecule has 0 bridgehead atoms. The standard InChI is InChI=1S/C10H9F4N/c11-7-1-2-8(6-4-15-5-6)9(3-7)10(12,13)14/h1-3,6,15H,4-5H2. The van der Waals surface area contributed by atoms with Crippen LogP contribution in [0.15, 0.2) is 18.2 Å². The predicted molar refractivity (Wildman–Crippen MR) is 47.0 cm³/mol. The van der Waals surface area contributed by atoms with E-state index in [0.717, 1.165) is 6.07 Å². The molecule has 0 aromatic heterocycles. The molecule has 2 rings (SSSR count). The molecular weight excluding hydrogens is 210 g/mol. The van der Waals surface area contributed by atoms with Gasteiger partial charge in [-0.05, 0) is 17.7 Å². The van der Waals surface area contributed by atoms with Gasteiger partial charge in [-0.1, -0.05) is 6.07 Å². The van der Waals surface area contributed by atoms with Crippen LogP contribution in [0.5, 0.6) is 0 Å². The van der Waals surface area contributed by atoms with Crippen LogP contribution in [0.3, 0.4) is 0 Å². The maximum atomic E-state index is 12.7. The first kappa shape index (κ1) is 10.4. The molecule has 15 heavy (non-hydrogen) atoms. The zero-order chi connectivity index (χ0) is 11.1. The summed E-state index contributed by atoms with van der Waals surface area (Å²) < 4.78 is 50.4. The summed E-state index contributed by atoms with van der Waals surface area (Å²) in [7, 11) is 0. The number of rotatable bonds is 1. The second kappa shape index (κ2) is 3.48. The van der Waals surface area contributed by atoms with Crippen molar-refractivity contribution in [3.63, 3.8) is 0 Å². The second-order valence-corrected chi connectivity index (χ2v) is 3.58. The Bertz CT molecular complexity index is 368. The highest BCUT2D eigenvalue weighted by Crippen LogP contribution is 2.36. The lowest BCUT2D eigenvalue weighted by atomic mass is 9.89. The van der Waals surface area contributed by atoms with E-state index in [1.165, 1.54) is 6.07 Å². The normalized spacial score (nSPS) is 17.6. The number of hydrogen-bond donors (Lipinski definition) is 1. The molecule has 0 radical (unpaired) electrons.